The molecule has 1 N–H and O–H groups in total. The Kier molecular flexibility index (Phi) is 11.0. The zero-order chi connectivity index (χ0) is 33.7. The average molecular weight is 657 g/mol. The van der Waals surface area contributed by atoms with Crippen molar-refractivity contribution in [3.05, 3.63) is 93.9 Å². The standard InChI is InChI=1S/C37H45ClN6O3/c1-6-8-18-42(19-9-7-2)37(47)35-34(38)25(3)44(40-35)32-16-14-27(28-15-17-33(39-22-28)41(4)5)21-31(32)36(46)43-23-29-13-11-10-12-26(29)20-30(43)24-45/h10-17,21-22,30,45H,6-9,18-20,23-24H2,1-5H3. The van der Waals surface area contributed by atoms with Crippen molar-refractivity contribution in [1.82, 2.24) is 24.6 Å². The van der Waals surface area contributed by atoms with Gasteiger partial charge in [0, 0.05) is 45.5 Å². The number of hydrogen-bond acceptors (Lipinski definition) is 6. The SMILES string of the molecule is CCCCN(CCCC)C(=O)c1nn(-c2ccc(-c3ccc(N(C)C)nc3)cc2C(=O)N2Cc3ccccc3CC2CO)c(C)c1Cl. The molecule has 5 rings (SSSR count). The van der Waals surface area contributed by atoms with E-state index < -0.39 is 0 Å². The lowest BCUT2D eigenvalue weighted by Gasteiger charge is -2.36. The van der Waals surface area contributed by atoms with Crippen molar-refractivity contribution in [2.24, 2.45) is 0 Å². The lowest BCUT2D eigenvalue weighted by Crippen LogP contribution is -2.46. The first kappa shape index (κ1) is 34.1. The number of aliphatic hydroxyl groups is 1. The van der Waals surface area contributed by atoms with E-state index >= 15 is 0 Å². The maximum absolute atomic E-state index is 14.6. The molecule has 9 nitrogen and oxygen atoms in total. The Labute approximate surface area is 282 Å². The monoisotopic (exact) mass is 656 g/mol. The predicted molar refractivity (Wildman–Crippen MR) is 187 cm³/mol. The van der Waals surface area contributed by atoms with Gasteiger partial charge in [-0.1, -0.05) is 68.6 Å². The molecule has 0 fully saturated rings. The summed E-state index contributed by atoms with van der Waals surface area (Å²) in [4.78, 5) is 38.5. The molecule has 0 aliphatic carbocycles. The number of nitrogens with zero attached hydrogens (tertiary/aromatic N) is 6. The number of fused-ring (bicyclic) bond motifs is 1. The van der Waals surface area contributed by atoms with Crippen LogP contribution in [0.25, 0.3) is 16.8 Å². The molecule has 248 valence electrons. The second kappa shape index (κ2) is 15.1. The van der Waals surface area contributed by atoms with Crippen molar-refractivity contribution in [1.29, 1.82) is 0 Å². The van der Waals surface area contributed by atoms with E-state index in [0.717, 1.165) is 53.8 Å². The van der Waals surface area contributed by atoms with Gasteiger partial charge in [-0.05, 0) is 67.1 Å². The topological polar surface area (TPSA) is 94.8 Å². The third kappa shape index (κ3) is 7.21. The molecule has 0 saturated carbocycles. The molecular weight excluding hydrogens is 612 g/mol. The fraction of sp³-hybridized carbons (Fsp3) is 0.405. The normalized spacial score (nSPS) is 14.2. The van der Waals surface area contributed by atoms with Gasteiger partial charge in [0.05, 0.1) is 34.6 Å². The molecule has 1 unspecified atom stereocenters. The van der Waals surface area contributed by atoms with Crippen molar-refractivity contribution < 1.29 is 14.7 Å². The fourth-order valence-corrected chi connectivity index (χ4v) is 6.25. The van der Waals surface area contributed by atoms with E-state index in [1.165, 1.54) is 0 Å². The Balaban J connectivity index is 1.61. The van der Waals surface area contributed by atoms with Crippen molar-refractivity contribution >= 4 is 29.2 Å². The van der Waals surface area contributed by atoms with E-state index in [0.29, 0.717) is 43.0 Å². The third-order valence-electron chi connectivity index (χ3n) is 8.92. The Hall–Kier alpha value is -4.21. The Morgan fingerprint density at radius 3 is 2.28 bits per heavy atom. The van der Waals surface area contributed by atoms with Crippen LogP contribution >= 0.6 is 11.6 Å². The minimum absolute atomic E-state index is 0.165. The number of carbonyl (C=O) groups excluding carboxylic acids is 2. The molecule has 47 heavy (non-hydrogen) atoms. The Morgan fingerprint density at radius 2 is 1.66 bits per heavy atom. The van der Waals surface area contributed by atoms with Crippen LogP contribution in [0.1, 0.15) is 77.2 Å². The first-order valence-electron chi connectivity index (χ1n) is 16.5. The summed E-state index contributed by atoms with van der Waals surface area (Å²) in [6.07, 6.45) is 6.07. The fourth-order valence-electron chi connectivity index (χ4n) is 6.05. The Bertz CT molecular complexity index is 1710. The number of anilines is 1. The molecule has 2 aromatic heterocycles. The van der Waals surface area contributed by atoms with Crippen LogP contribution in [0.5, 0.6) is 0 Å². The van der Waals surface area contributed by atoms with Crippen molar-refractivity contribution in [3.8, 4) is 16.8 Å². The van der Waals surface area contributed by atoms with Gasteiger partial charge in [0.2, 0.25) is 0 Å². The van der Waals surface area contributed by atoms with Crippen LogP contribution in [0.3, 0.4) is 0 Å². The van der Waals surface area contributed by atoms with Crippen LogP contribution in [-0.4, -0.2) is 81.3 Å². The first-order valence-corrected chi connectivity index (χ1v) is 16.9. The molecule has 4 aromatic rings. The summed E-state index contributed by atoms with van der Waals surface area (Å²) >= 11 is 6.85. The van der Waals surface area contributed by atoms with Crippen LogP contribution in [0.15, 0.2) is 60.8 Å². The van der Waals surface area contributed by atoms with E-state index in [1.807, 2.05) is 85.4 Å². The molecule has 2 amide bonds. The van der Waals surface area contributed by atoms with Gasteiger partial charge in [-0.2, -0.15) is 5.10 Å². The van der Waals surface area contributed by atoms with Gasteiger partial charge in [-0.15, -0.1) is 0 Å². The van der Waals surface area contributed by atoms with E-state index in [-0.39, 0.29) is 35.2 Å². The van der Waals surface area contributed by atoms with Gasteiger partial charge in [-0.3, -0.25) is 9.59 Å². The van der Waals surface area contributed by atoms with Gasteiger partial charge in [0.1, 0.15) is 5.82 Å². The number of pyridine rings is 1. The second-order valence-corrected chi connectivity index (χ2v) is 12.8. The molecular formula is C37H45ClN6O3. The van der Waals surface area contributed by atoms with E-state index in [9.17, 15) is 14.7 Å². The second-order valence-electron chi connectivity index (χ2n) is 12.4. The molecule has 1 aliphatic rings. The molecule has 0 radical (unpaired) electrons. The van der Waals surface area contributed by atoms with Crippen LogP contribution in [0, 0.1) is 6.92 Å². The number of carbonyl (C=O) groups is 2. The quantitative estimate of drug-likeness (QED) is 0.186. The molecule has 3 heterocycles. The summed E-state index contributed by atoms with van der Waals surface area (Å²) in [5.41, 5.74) is 5.51. The number of aromatic nitrogens is 3. The smallest absolute Gasteiger partial charge is 0.275 e. The summed E-state index contributed by atoms with van der Waals surface area (Å²) < 4.78 is 1.61. The lowest BCUT2D eigenvalue weighted by molar-refractivity contribution is 0.0544. The highest BCUT2D eigenvalue weighted by Crippen LogP contribution is 2.32. The molecule has 10 heteroatoms. The summed E-state index contributed by atoms with van der Waals surface area (Å²) in [5.74, 6) is 0.383. The van der Waals surface area contributed by atoms with Crippen molar-refractivity contribution in [3.63, 3.8) is 0 Å². The molecule has 2 aromatic carbocycles. The van der Waals surface area contributed by atoms with Gasteiger partial charge in [-0.25, -0.2) is 9.67 Å². The lowest BCUT2D eigenvalue weighted by atomic mass is 9.93. The molecule has 1 atom stereocenters. The predicted octanol–water partition coefficient (Wildman–Crippen LogP) is 6.56. The number of halogens is 1. The van der Waals surface area contributed by atoms with Crippen molar-refractivity contribution in [2.75, 3.05) is 38.7 Å². The summed E-state index contributed by atoms with van der Waals surface area (Å²) in [6, 6.07) is 17.2. The van der Waals surface area contributed by atoms with E-state index in [4.69, 9.17) is 16.7 Å². The molecule has 0 saturated heterocycles. The number of rotatable bonds is 12. The zero-order valence-electron chi connectivity index (χ0n) is 28.0. The van der Waals surface area contributed by atoms with Crippen LogP contribution < -0.4 is 4.90 Å². The molecule has 0 bridgehead atoms. The van der Waals surface area contributed by atoms with Crippen LogP contribution in [0.2, 0.25) is 5.02 Å². The number of hydrogen-bond donors (Lipinski definition) is 1. The van der Waals surface area contributed by atoms with Crippen molar-refractivity contribution in [2.45, 2.75) is 65.5 Å². The van der Waals surface area contributed by atoms with Gasteiger partial charge in [0.15, 0.2) is 5.69 Å². The van der Waals surface area contributed by atoms with Gasteiger partial charge in [0.25, 0.3) is 11.8 Å². The molecule has 0 spiro atoms. The third-order valence-corrected chi connectivity index (χ3v) is 9.37. The number of amides is 2. The van der Waals surface area contributed by atoms with E-state index in [1.54, 1.807) is 15.8 Å². The van der Waals surface area contributed by atoms with Gasteiger partial charge >= 0.3 is 0 Å². The minimum atomic E-state index is -0.389. The zero-order valence-corrected chi connectivity index (χ0v) is 28.8. The number of benzene rings is 2. The van der Waals surface area contributed by atoms with Crippen LogP contribution in [-0.2, 0) is 13.0 Å². The summed E-state index contributed by atoms with van der Waals surface area (Å²) in [5, 5.41) is 15.5. The number of aliphatic hydroxyl groups excluding tert-OH is 1. The first-order chi connectivity index (χ1) is 22.7. The Morgan fingerprint density at radius 1 is 0.979 bits per heavy atom. The highest BCUT2D eigenvalue weighted by atomic mass is 35.5. The minimum Gasteiger partial charge on any atom is -0.394 e. The highest BCUT2D eigenvalue weighted by molar-refractivity contribution is 6.34. The highest BCUT2D eigenvalue weighted by Gasteiger charge is 2.33. The summed E-state index contributed by atoms with van der Waals surface area (Å²) in [7, 11) is 3.87. The maximum atomic E-state index is 14.6. The molecule has 1 aliphatic heterocycles. The summed E-state index contributed by atoms with van der Waals surface area (Å²) in [6.45, 7) is 7.49. The average Bonchev–Trinajstić information content (AvgIpc) is 3.39. The van der Waals surface area contributed by atoms with Crippen LogP contribution in [0.4, 0.5) is 5.82 Å². The number of unbranched alkanes of at least 4 members (excludes halogenated alkanes) is 2. The van der Waals surface area contributed by atoms with E-state index in [2.05, 4.69) is 18.8 Å². The largest absolute Gasteiger partial charge is 0.394 e. The maximum Gasteiger partial charge on any atom is 0.275 e. The van der Waals surface area contributed by atoms with Gasteiger partial charge < -0.3 is 19.8 Å².